The Balaban J connectivity index is 2.64. The highest BCUT2D eigenvalue weighted by atomic mass is 16.3. The van der Waals surface area contributed by atoms with Gasteiger partial charge in [0.1, 0.15) is 0 Å². The van der Waals surface area contributed by atoms with E-state index < -0.39 is 6.10 Å². The Hall–Kier alpha value is -1.59. The molecule has 2 amide bonds. The number of aryl methyl sites for hydroxylation is 2. The highest BCUT2D eigenvalue weighted by molar-refractivity contribution is 5.91. The first kappa shape index (κ1) is 14.5. The summed E-state index contributed by atoms with van der Waals surface area (Å²) in [5, 5.41) is 23.0. The van der Waals surface area contributed by atoms with Gasteiger partial charge in [0, 0.05) is 12.2 Å². The van der Waals surface area contributed by atoms with Crippen LogP contribution in [0.3, 0.4) is 0 Å². The summed E-state index contributed by atoms with van der Waals surface area (Å²) in [6.45, 7) is 3.60. The average molecular weight is 252 g/mol. The van der Waals surface area contributed by atoms with Gasteiger partial charge in [-0.05, 0) is 24.5 Å². The molecule has 0 bridgehead atoms. The molecule has 1 rings (SSSR count). The van der Waals surface area contributed by atoms with E-state index in [4.69, 9.17) is 10.2 Å². The van der Waals surface area contributed by atoms with Crippen LogP contribution in [0.2, 0.25) is 0 Å². The Bertz CT molecular complexity index is 407. The Kier molecular flexibility index (Phi) is 5.61. The Morgan fingerprint density at radius 2 is 2.17 bits per heavy atom. The van der Waals surface area contributed by atoms with Crippen molar-refractivity contribution in [3.05, 3.63) is 29.3 Å². The van der Waals surface area contributed by atoms with Crippen LogP contribution in [0.4, 0.5) is 10.5 Å². The van der Waals surface area contributed by atoms with E-state index in [-0.39, 0.29) is 19.2 Å². The van der Waals surface area contributed by atoms with Gasteiger partial charge in [0.05, 0.1) is 12.7 Å². The van der Waals surface area contributed by atoms with Crippen molar-refractivity contribution in [1.82, 2.24) is 5.32 Å². The molecular formula is C13H20N2O3. The van der Waals surface area contributed by atoms with Crippen molar-refractivity contribution >= 4 is 11.7 Å². The number of amides is 2. The number of carbonyl (C=O) groups is 1. The number of hydrogen-bond acceptors (Lipinski definition) is 3. The fourth-order valence-electron chi connectivity index (χ4n) is 1.63. The zero-order valence-electron chi connectivity index (χ0n) is 10.7. The number of carbonyl (C=O) groups excluding carboxylic acids is 1. The molecule has 5 heteroatoms. The summed E-state index contributed by atoms with van der Waals surface area (Å²) < 4.78 is 0. The molecule has 0 fully saturated rings. The molecule has 0 saturated heterocycles. The third-order valence-corrected chi connectivity index (χ3v) is 2.69. The minimum atomic E-state index is -0.932. The summed E-state index contributed by atoms with van der Waals surface area (Å²) in [5.74, 6) is 0. The summed E-state index contributed by atoms with van der Waals surface area (Å²) in [5.41, 5.74) is 2.86. The predicted molar refractivity (Wildman–Crippen MR) is 70.7 cm³/mol. The number of hydrogen-bond donors (Lipinski definition) is 4. The van der Waals surface area contributed by atoms with Gasteiger partial charge in [-0.1, -0.05) is 25.1 Å². The second kappa shape index (κ2) is 6.98. The van der Waals surface area contributed by atoms with Gasteiger partial charge in [0.15, 0.2) is 0 Å². The molecule has 4 N–H and O–H groups in total. The zero-order valence-corrected chi connectivity index (χ0v) is 10.7. The van der Waals surface area contributed by atoms with E-state index in [1.54, 1.807) is 0 Å². The first-order chi connectivity index (χ1) is 8.58. The third-order valence-electron chi connectivity index (χ3n) is 2.69. The molecule has 1 aromatic rings. The fourth-order valence-corrected chi connectivity index (χ4v) is 1.63. The maximum Gasteiger partial charge on any atom is 0.319 e. The van der Waals surface area contributed by atoms with Crippen LogP contribution >= 0.6 is 0 Å². The molecule has 0 aliphatic heterocycles. The van der Waals surface area contributed by atoms with Crippen molar-refractivity contribution in [3.8, 4) is 0 Å². The summed E-state index contributed by atoms with van der Waals surface area (Å²) in [7, 11) is 0. The Morgan fingerprint density at radius 1 is 1.44 bits per heavy atom. The van der Waals surface area contributed by atoms with Gasteiger partial charge < -0.3 is 20.8 Å². The van der Waals surface area contributed by atoms with Gasteiger partial charge in [-0.3, -0.25) is 0 Å². The summed E-state index contributed by atoms with van der Waals surface area (Å²) in [4.78, 5) is 11.6. The molecule has 0 aliphatic carbocycles. The predicted octanol–water partition coefficient (Wildman–Crippen LogP) is 1.03. The smallest absolute Gasteiger partial charge is 0.319 e. The van der Waals surface area contributed by atoms with E-state index in [9.17, 15) is 4.79 Å². The molecule has 1 aromatic carbocycles. The maximum absolute atomic E-state index is 11.6. The second-order valence-electron chi connectivity index (χ2n) is 4.13. The van der Waals surface area contributed by atoms with E-state index in [1.807, 2.05) is 32.0 Å². The van der Waals surface area contributed by atoms with E-state index >= 15 is 0 Å². The average Bonchev–Trinajstić information content (AvgIpc) is 2.38. The number of aliphatic hydroxyl groups excluding tert-OH is 2. The van der Waals surface area contributed by atoms with Crippen molar-refractivity contribution in [1.29, 1.82) is 0 Å². The molecule has 100 valence electrons. The normalized spacial score (nSPS) is 12.0. The Labute approximate surface area is 107 Å². The second-order valence-corrected chi connectivity index (χ2v) is 4.13. The molecule has 0 aromatic heterocycles. The number of aliphatic hydroxyl groups is 2. The van der Waals surface area contributed by atoms with E-state index in [0.29, 0.717) is 0 Å². The minimum Gasteiger partial charge on any atom is -0.394 e. The van der Waals surface area contributed by atoms with E-state index in [0.717, 1.165) is 23.2 Å². The first-order valence-electron chi connectivity index (χ1n) is 6.00. The van der Waals surface area contributed by atoms with E-state index in [1.165, 1.54) is 0 Å². The van der Waals surface area contributed by atoms with Crippen molar-refractivity contribution in [2.75, 3.05) is 18.5 Å². The molecule has 0 saturated carbocycles. The number of para-hydroxylation sites is 1. The van der Waals surface area contributed by atoms with Gasteiger partial charge in [0.25, 0.3) is 0 Å². The van der Waals surface area contributed by atoms with Gasteiger partial charge in [-0.25, -0.2) is 4.79 Å². The van der Waals surface area contributed by atoms with Crippen LogP contribution in [-0.4, -0.2) is 35.5 Å². The molecular weight excluding hydrogens is 232 g/mol. The topological polar surface area (TPSA) is 81.6 Å². The van der Waals surface area contributed by atoms with Crippen LogP contribution in [0.15, 0.2) is 18.2 Å². The van der Waals surface area contributed by atoms with Crippen molar-refractivity contribution in [2.24, 2.45) is 0 Å². The third kappa shape index (κ3) is 4.01. The standard InChI is InChI=1S/C13H20N2O3/c1-3-10-6-4-5-9(2)12(10)15-13(18)14-7-11(17)8-16/h4-6,11,16-17H,3,7-8H2,1-2H3,(H2,14,15,18). The summed E-state index contributed by atoms with van der Waals surface area (Å²) >= 11 is 0. The van der Waals surface area contributed by atoms with Crippen LogP contribution in [0.1, 0.15) is 18.1 Å². The molecule has 1 atom stereocenters. The molecule has 0 spiro atoms. The molecule has 5 nitrogen and oxygen atoms in total. The largest absolute Gasteiger partial charge is 0.394 e. The zero-order chi connectivity index (χ0) is 13.5. The van der Waals surface area contributed by atoms with Gasteiger partial charge in [0.2, 0.25) is 0 Å². The quantitative estimate of drug-likeness (QED) is 0.632. The summed E-state index contributed by atoms with van der Waals surface area (Å²) in [6.07, 6.45) is -0.102. The van der Waals surface area contributed by atoms with Crippen molar-refractivity contribution in [3.63, 3.8) is 0 Å². The van der Waals surface area contributed by atoms with E-state index in [2.05, 4.69) is 10.6 Å². The lowest BCUT2D eigenvalue weighted by molar-refractivity contribution is 0.0965. The number of nitrogens with one attached hydrogen (secondary N) is 2. The van der Waals surface area contributed by atoms with Crippen molar-refractivity contribution in [2.45, 2.75) is 26.4 Å². The fraction of sp³-hybridized carbons (Fsp3) is 0.462. The number of rotatable bonds is 5. The van der Waals surface area contributed by atoms with Gasteiger partial charge in [-0.2, -0.15) is 0 Å². The molecule has 18 heavy (non-hydrogen) atoms. The van der Waals surface area contributed by atoms with Gasteiger partial charge >= 0.3 is 6.03 Å². The number of urea groups is 1. The molecule has 1 unspecified atom stereocenters. The highest BCUT2D eigenvalue weighted by Crippen LogP contribution is 2.20. The van der Waals surface area contributed by atoms with Crippen LogP contribution in [0.25, 0.3) is 0 Å². The first-order valence-corrected chi connectivity index (χ1v) is 6.00. The molecule has 0 radical (unpaired) electrons. The van der Waals surface area contributed by atoms with Crippen molar-refractivity contribution < 1.29 is 15.0 Å². The maximum atomic E-state index is 11.6. The van der Waals surface area contributed by atoms with Crippen LogP contribution in [-0.2, 0) is 6.42 Å². The van der Waals surface area contributed by atoms with Gasteiger partial charge in [-0.15, -0.1) is 0 Å². The van der Waals surface area contributed by atoms with Crippen LogP contribution < -0.4 is 10.6 Å². The lowest BCUT2D eigenvalue weighted by atomic mass is 10.1. The molecule has 0 heterocycles. The monoisotopic (exact) mass is 252 g/mol. The number of benzene rings is 1. The van der Waals surface area contributed by atoms with Crippen LogP contribution in [0.5, 0.6) is 0 Å². The molecule has 0 aliphatic rings. The number of anilines is 1. The highest BCUT2D eigenvalue weighted by Gasteiger charge is 2.09. The SMILES string of the molecule is CCc1cccc(C)c1NC(=O)NCC(O)CO. The Morgan fingerprint density at radius 3 is 2.78 bits per heavy atom. The van der Waals surface area contributed by atoms with Crippen LogP contribution in [0, 0.1) is 6.92 Å². The lowest BCUT2D eigenvalue weighted by Gasteiger charge is -2.14. The lowest BCUT2D eigenvalue weighted by Crippen LogP contribution is -2.37. The minimum absolute atomic E-state index is 0.0235. The summed E-state index contributed by atoms with van der Waals surface area (Å²) in [6, 6.07) is 5.46.